The Hall–Kier alpha value is -6.24. The van der Waals surface area contributed by atoms with E-state index in [1.807, 2.05) is 6.07 Å². The van der Waals surface area contributed by atoms with Gasteiger partial charge in [-0.1, -0.05) is 36.4 Å². The number of hydrogen-bond acceptors (Lipinski definition) is 5. The summed E-state index contributed by atoms with van der Waals surface area (Å²) in [7, 11) is 0. The lowest BCUT2D eigenvalue weighted by molar-refractivity contribution is 0.248. The van der Waals surface area contributed by atoms with Crippen LogP contribution in [0.5, 0.6) is 23.0 Å². The lowest BCUT2D eigenvalue weighted by Crippen LogP contribution is -2.54. The van der Waals surface area contributed by atoms with Crippen molar-refractivity contribution in [1.82, 2.24) is 0 Å². The number of phenols is 2. The number of para-hydroxylation sites is 2. The van der Waals surface area contributed by atoms with Crippen LogP contribution in [0.2, 0.25) is 0 Å². The fourth-order valence-electron chi connectivity index (χ4n) is 4.10. The molecule has 0 atom stereocenters. The van der Waals surface area contributed by atoms with E-state index in [1.54, 1.807) is 42.5 Å². The summed E-state index contributed by atoms with van der Waals surface area (Å²) >= 11 is 0. The molecule has 0 radical (unpaired) electrons. The van der Waals surface area contributed by atoms with Gasteiger partial charge in [-0.25, -0.2) is 27.2 Å². The zero-order valence-corrected chi connectivity index (χ0v) is 22.9. The average molecular weight is 619 g/mol. The molecule has 4 amide bonds. The smallest absolute Gasteiger partial charge is 0.345 e. The lowest BCUT2D eigenvalue weighted by Gasteiger charge is -2.35. The van der Waals surface area contributed by atoms with E-state index < -0.39 is 58.2 Å². The number of ether oxygens (including phenoxy) is 1. The van der Waals surface area contributed by atoms with Crippen LogP contribution in [0.25, 0.3) is 0 Å². The van der Waals surface area contributed by atoms with Crippen LogP contribution >= 0.6 is 0 Å². The SMILES string of the molecule is O=C(Nc1ccccc1)N(c1cc(F)c(O)c(F)c1)N(C(=O)Nc1ccc(Oc2ccccc2)cc1)c1cc(F)c(O)c(F)c1. The highest BCUT2D eigenvalue weighted by Gasteiger charge is 2.33. The summed E-state index contributed by atoms with van der Waals surface area (Å²) in [5.74, 6) is -7.79. The van der Waals surface area contributed by atoms with Crippen molar-refractivity contribution in [2.75, 3.05) is 20.7 Å². The quantitative estimate of drug-likeness (QED) is 0.113. The summed E-state index contributed by atoms with van der Waals surface area (Å²) in [6.45, 7) is 0. The first-order valence-electron chi connectivity index (χ1n) is 13.1. The fourth-order valence-corrected chi connectivity index (χ4v) is 4.10. The van der Waals surface area contributed by atoms with Crippen LogP contribution in [0, 0.1) is 23.3 Å². The topological polar surface area (TPSA) is 114 Å². The Kier molecular flexibility index (Phi) is 8.70. The van der Waals surface area contributed by atoms with Gasteiger partial charge in [0.25, 0.3) is 0 Å². The number of amides is 4. The number of benzene rings is 5. The molecule has 0 aromatic heterocycles. The summed E-state index contributed by atoms with van der Waals surface area (Å²) in [5, 5.41) is 25.0. The molecule has 45 heavy (non-hydrogen) atoms. The predicted octanol–water partition coefficient (Wildman–Crippen LogP) is 8.14. The van der Waals surface area contributed by atoms with E-state index in [0.29, 0.717) is 45.8 Å². The summed E-state index contributed by atoms with van der Waals surface area (Å²) in [5.41, 5.74) is -1.02. The highest BCUT2D eigenvalue weighted by Crippen LogP contribution is 2.33. The third-order valence-corrected chi connectivity index (χ3v) is 6.19. The van der Waals surface area contributed by atoms with Crippen LogP contribution in [0.3, 0.4) is 0 Å². The molecular formula is C32H22F4N4O5. The number of nitrogens with zero attached hydrogens (tertiary/aromatic N) is 2. The van der Waals surface area contributed by atoms with Crippen molar-refractivity contribution in [3.05, 3.63) is 132 Å². The van der Waals surface area contributed by atoms with Gasteiger partial charge < -0.3 is 25.6 Å². The van der Waals surface area contributed by atoms with Crippen molar-refractivity contribution in [3.8, 4) is 23.0 Å². The number of rotatable bonds is 6. The molecule has 0 unspecified atom stereocenters. The molecule has 228 valence electrons. The van der Waals surface area contributed by atoms with Gasteiger partial charge in [0.05, 0.1) is 11.4 Å². The van der Waals surface area contributed by atoms with Crippen LogP contribution in [0.15, 0.2) is 109 Å². The number of urea groups is 2. The van der Waals surface area contributed by atoms with Gasteiger partial charge in [0.15, 0.2) is 34.8 Å². The molecule has 13 heteroatoms. The molecule has 0 saturated carbocycles. The Morgan fingerprint density at radius 3 is 1.31 bits per heavy atom. The van der Waals surface area contributed by atoms with Gasteiger partial charge in [-0.15, -0.1) is 0 Å². The lowest BCUT2D eigenvalue weighted by atomic mass is 10.2. The molecule has 0 heterocycles. The third-order valence-electron chi connectivity index (χ3n) is 6.19. The number of carbonyl (C=O) groups is 2. The molecule has 0 saturated heterocycles. The summed E-state index contributed by atoms with van der Waals surface area (Å²) in [4.78, 5) is 27.5. The Labute approximate surface area is 253 Å². The second kappa shape index (κ2) is 13.0. The van der Waals surface area contributed by atoms with Crippen LogP contribution in [0.4, 0.5) is 49.9 Å². The van der Waals surface area contributed by atoms with Crippen molar-refractivity contribution >= 4 is 34.8 Å². The van der Waals surface area contributed by atoms with E-state index in [-0.39, 0.29) is 11.4 Å². The Balaban J connectivity index is 1.57. The van der Waals surface area contributed by atoms with E-state index in [0.717, 1.165) is 0 Å². The summed E-state index contributed by atoms with van der Waals surface area (Å²) < 4.78 is 64.0. The molecule has 0 bridgehead atoms. The minimum atomic E-state index is -1.50. The van der Waals surface area contributed by atoms with Gasteiger partial charge >= 0.3 is 12.1 Å². The number of halogens is 4. The molecule has 4 N–H and O–H groups in total. The van der Waals surface area contributed by atoms with Gasteiger partial charge in [-0.05, 0) is 48.5 Å². The van der Waals surface area contributed by atoms with E-state index in [2.05, 4.69) is 10.6 Å². The average Bonchev–Trinajstić information content (AvgIpc) is 3.02. The fraction of sp³-hybridized carbons (Fsp3) is 0. The second-order valence-electron chi connectivity index (χ2n) is 9.31. The largest absolute Gasteiger partial charge is 0.503 e. The highest BCUT2D eigenvalue weighted by atomic mass is 19.1. The molecular weight excluding hydrogens is 596 g/mol. The number of aromatic hydroxyl groups is 2. The number of nitrogens with one attached hydrogen (secondary N) is 2. The van der Waals surface area contributed by atoms with Crippen molar-refractivity contribution in [3.63, 3.8) is 0 Å². The van der Waals surface area contributed by atoms with Crippen LogP contribution < -0.4 is 25.4 Å². The second-order valence-corrected chi connectivity index (χ2v) is 9.31. The Morgan fingerprint density at radius 2 is 0.889 bits per heavy atom. The van der Waals surface area contributed by atoms with Gasteiger partial charge in [-0.2, -0.15) is 10.0 Å². The molecule has 5 aromatic rings. The van der Waals surface area contributed by atoms with Crippen molar-refractivity contribution in [2.45, 2.75) is 0 Å². The normalized spacial score (nSPS) is 10.6. The van der Waals surface area contributed by atoms with Gasteiger partial charge in [0.1, 0.15) is 11.5 Å². The van der Waals surface area contributed by atoms with Crippen LogP contribution in [-0.2, 0) is 0 Å². The third kappa shape index (κ3) is 6.88. The van der Waals surface area contributed by atoms with Gasteiger partial charge in [0.2, 0.25) is 0 Å². The molecule has 0 spiro atoms. The number of hydrazine groups is 1. The van der Waals surface area contributed by atoms with E-state index in [4.69, 9.17) is 4.74 Å². The number of phenolic OH excluding ortho intramolecular Hbond substituents is 2. The maximum absolute atomic E-state index is 14.6. The molecule has 0 aliphatic rings. The monoisotopic (exact) mass is 618 g/mol. The first-order chi connectivity index (χ1) is 21.6. The standard InChI is InChI=1S/C32H22F4N4O5/c33-25-15-21(16-26(34)29(25)41)39(31(43)37-19-7-3-1-4-8-19)40(22-17-27(35)30(42)28(36)18-22)32(44)38-20-11-13-24(14-12-20)45-23-9-5-2-6-10-23/h1-18,41-42H,(H,37,43)(H,38,44). The van der Waals surface area contributed by atoms with Gasteiger partial charge in [-0.3, -0.25) is 0 Å². The van der Waals surface area contributed by atoms with Crippen LogP contribution in [-0.4, -0.2) is 22.3 Å². The molecule has 5 aromatic carbocycles. The molecule has 0 aliphatic heterocycles. The van der Waals surface area contributed by atoms with Crippen molar-refractivity contribution < 1.29 is 42.1 Å². The first-order valence-corrected chi connectivity index (χ1v) is 13.1. The minimum absolute atomic E-state index is 0.122. The maximum atomic E-state index is 14.6. The van der Waals surface area contributed by atoms with E-state index in [1.165, 1.54) is 36.4 Å². The van der Waals surface area contributed by atoms with Crippen molar-refractivity contribution in [1.29, 1.82) is 0 Å². The van der Waals surface area contributed by atoms with E-state index in [9.17, 15) is 37.4 Å². The van der Waals surface area contributed by atoms with Crippen molar-refractivity contribution in [2.24, 2.45) is 0 Å². The first kappa shape index (κ1) is 30.2. The number of anilines is 4. The molecule has 5 rings (SSSR count). The maximum Gasteiger partial charge on any atom is 0.345 e. The van der Waals surface area contributed by atoms with Gasteiger partial charge in [0, 0.05) is 35.6 Å². The Morgan fingerprint density at radius 1 is 0.533 bits per heavy atom. The zero-order valence-electron chi connectivity index (χ0n) is 22.9. The number of hydrogen-bond donors (Lipinski definition) is 4. The molecule has 9 nitrogen and oxygen atoms in total. The van der Waals surface area contributed by atoms with E-state index >= 15 is 0 Å². The minimum Gasteiger partial charge on any atom is -0.503 e. The zero-order chi connectivity index (χ0) is 32.1. The summed E-state index contributed by atoms with van der Waals surface area (Å²) in [6, 6.07) is 22.1. The Bertz CT molecular complexity index is 1800. The van der Waals surface area contributed by atoms with Crippen LogP contribution in [0.1, 0.15) is 0 Å². The molecule has 0 fully saturated rings. The predicted molar refractivity (Wildman–Crippen MR) is 158 cm³/mol. The number of carbonyl (C=O) groups excluding carboxylic acids is 2. The molecule has 0 aliphatic carbocycles. The summed E-state index contributed by atoms with van der Waals surface area (Å²) in [6.07, 6.45) is 0. The highest BCUT2D eigenvalue weighted by molar-refractivity contribution is 6.13.